The normalized spacial score (nSPS) is 12.5. The molecule has 0 bridgehead atoms. The van der Waals surface area contributed by atoms with Crippen molar-refractivity contribution in [1.29, 1.82) is 0 Å². The highest BCUT2D eigenvalue weighted by Crippen LogP contribution is 2.38. The van der Waals surface area contributed by atoms with E-state index in [-0.39, 0.29) is 6.54 Å². The number of nitrogens with one attached hydrogen (secondary N) is 1. The number of ether oxygens (including phenoxy) is 4. The summed E-state index contributed by atoms with van der Waals surface area (Å²) in [5.74, 6) is -0.916. The van der Waals surface area contributed by atoms with E-state index in [0.717, 1.165) is 31.2 Å². The molecule has 0 aliphatic heterocycles. The molecule has 0 saturated carbocycles. The molecule has 56 heavy (non-hydrogen) atoms. The summed E-state index contributed by atoms with van der Waals surface area (Å²) in [6.07, 6.45) is 23.3. The Bertz CT molecular complexity index is 1340. The van der Waals surface area contributed by atoms with Crippen LogP contribution < -0.4 is 14.8 Å². The summed E-state index contributed by atoms with van der Waals surface area (Å²) in [6.45, 7) is 13.0. The van der Waals surface area contributed by atoms with Crippen LogP contribution in [0.4, 0.5) is 4.79 Å². The highest BCUT2D eigenvalue weighted by molar-refractivity contribution is 5.90. The first kappa shape index (κ1) is 48.4. The zero-order valence-electron chi connectivity index (χ0n) is 35.8. The van der Waals surface area contributed by atoms with Gasteiger partial charge in [-0.15, -0.1) is 0 Å². The molecule has 0 aromatic heterocycles. The smallest absolute Gasteiger partial charge is 0.407 e. The first-order valence-electron chi connectivity index (χ1n) is 21.8. The topological polar surface area (TPSA) is 120 Å². The lowest BCUT2D eigenvalue weighted by atomic mass is 9.87. The predicted octanol–water partition coefficient (Wildman–Crippen LogP) is 12.6. The SMILES string of the molecule is CCCCCCCCCCCCOc1cc(OCCCCCCCCCCCC)cc(C(C)(OC(=O)CC(=O)O)c2ccc(CNC(=O)OC(C)(C)C)cc2)c1. The Balaban J connectivity index is 2.21. The van der Waals surface area contributed by atoms with Crippen LogP contribution in [0.1, 0.15) is 193 Å². The summed E-state index contributed by atoms with van der Waals surface area (Å²) in [4.78, 5) is 36.7. The van der Waals surface area contributed by atoms with Gasteiger partial charge in [0.25, 0.3) is 0 Å². The second-order valence-corrected chi connectivity index (χ2v) is 16.4. The summed E-state index contributed by atoms with van der Waals surface area (Å²) in [7, 11) is 0. The average Bonchev–Trinajstić information content (AvgIpc) is 3.14. The predicted molar refractivity (Wildman–Crippen MR) is 225 cm³/mol. The van der Waals surface area contributed by atoms with Crippen molar-refractivity contribution in [3.05, 3.63) is 59.2 Å². The maximum absolute atomic E-state index is 13.0. The molecule has 2 aromatic carbocycles. The van der Waals surface area contributed by atoms with Gasteiger partial charge in [0, 0.05) is 18.2 Å². The molecule has 0 aliphatic carbocycles. The van der Waals surface area contributed by atoms with Crippen molar-refractivity contribution in [2.45, 2.75) is 194 Å². The van der Waals surface area contributed by atoms with Crippen molar-refractivity contribution in [1.82, 2.24) is 5.32 Å². The van der Waals surface area contributed by atoms with Crippen LogP contribution in [0.15, 0.2) is 42.5 Å². The zero-order valence-corrected chi connectivity index (χ0v) is 35.8. The minimum Gasteiger partial charge on any atom is -0.493 e. The number of carbonyl (C=O) groups is 3. The molecule has 2 rings (SSSR count). The van der Waals surface area contributed by atoms with E-state index in [4.69, 9.17) is 18.9 Å². The van der Waals surface area contributed by atoms with E-state index in [1.807, 2.05) is 42.5 Å². The summed E-state index contributed by atoms with van der Waals surface area (Å²) < 4.78 is 24.0. The molecule has 1 atom stereocenters. The third-order valence-electron chi connectivity index (χ3n) is 9.92. The second kappa shape index (κ2) is 27.8. The van der Waals surface area contributed by atoms with Crippen LogP contribution in [0.2, 0.25) is 0 Å². The number of hydrogen-bond donors (Lipinski definition) is 2. The first-order valence-corrected chi connectivity index (χ1v) is 21.8. The number of unbranched alkanes of at least 4 members (excludes halogenated alkanes) is 18. The van der Waals surface area contributed by atoms with E-state index in [0.29, 0.717) is 35.8 Å². The fourth-order valence-corrected chi connectivity index (χ4v) is 6.67. The maximum atomic E-state index is 13.0. The second-order valence-electron chi connectivity index (χ2n) is 16.4. The van der Waals surface area contributed by atoms with Crippen molar-refractivity contribution >= 4 is 18.0 Å². The number of aliphatic carboxylic acids is 1. The summed E-state index contributed by atoms with van der Waals surface area (Å²) in [5, 5.41) is 12.2. The highest BCUT2D eigenvalue weighted by Gasteiger charge is 2.35. The van der Waals surface area contributed by atoms with Gasteiger partial charge < -0.3 is 29.4 Å². The maximum Gasteiger partial charge on any atom is 0.407 e. The quantitative estimate of drug-likeness (QED) is 0.0441. The lowest BCUT2D eigenvalue weighted by Crippen LogP contribution is -2.32. The number of carbonyl (C=O) groups excluding carboxylic acids is 2. The Kier molecular flexibility index (Phi) is 24.0. The fourth-order valence-electron chi connectivity index (χ4n) is 6.67. The largest absolute Gasteiger partial charge is 0.493 e. The molecule has 1 unspecified atom stereocenters. The number of rotatable bonds is 31. The van der Waals surface area contributed by atoms with Gasteiger partial charge in [0.1, 0.15) is 23.5 Å². The molecule has 1 amide bonds. The van der Waals surface area contributed by atoms with Crippen molar-refractivity contribution < 1.29 is 38.4 Å². The van der Waals surface area contributed by atoms with Crippen LogP contribution in [-0.4, -0.2) is 42.0 Å². The summed E-state index contributed by atoms with van der Waals surface area (Å²) >= 11 is 0. The van der Waals surface area contributed by atoms with Gasteiger partial charge in [0.05, 0.1) is 13.2 Å². The highest BCUT2D eigenvalue weighted by atomic mass is 16.6. The standard InChI is InChI=1S/C47H75NO8/c1-7-9-11-13-15-17-19-21-23-25-31-53-41-33-40(34-42(35-41)54-32-26-24-22-20-18-16-14-12-10-8-2)47(6,55-44(51)36-43(49)50)39-29-27-38(28-30-39)37-48-45(52)56-46(3,4)5/h27-30,33-35H,7-26,31-32,36-37H2,1-6H3,(H,48,52)(H,49,50). The molecule has 9 nitrogen and oxygen atoms in total. The molecule has 0 heterocycles. The monoisotopic (exact) mass is 782 g/mol. The van der Waals surface area contributed by atoms with E-state index >= 15 is 0 Å². The zero-order chi connectivity index (χ0) is 41.1. The average molecular weight is 782 g/mol. The Labute approximate surface area is 339 Å². The Morgan fingerprint density at radius 3 is 1.41 bits per heavy atom. The molecule has 0 radical (unpaired) electrons. The van der Waals surface area contributed by atoms with Crippen molar-refractivity contribution in [2.24, 2.45) is 0 Å². The van der Waals surface area contributed by atoms with E-state index in [2.05, 4.69) is 19.2 Å². The van der Waals surface area contributed by atoms with Gasteiger partial charge in [0.2, 0.25) is 0 Å². The lowest BCUT2D eigenvalue weighted by Gasteiger charge is -2.31. The Morgan fingerprint density at radius 2 is 1.00 bits per heavy atom. The number of amides is 1. The van der Waals surface area contributed by atoms with Crippen LogP contribution >= 0.6 is 0 Å². The molecule has 0 aliphatic rings. The van der Waals surface area contributed by atoms with Crippen LogP contribution in [0.5, 0.6) is 11.5 Å². The number of hydrogen-bond acceptors (Lipinski definition) is 7. The molecule has 2 aromatic rings. The molecular weight excluding hydrogens is 707 g/mol. The molecule has 0 spiro atoms. The van der Waals surface area contributed by atoms with Gasteiger partial charge in [-0.05, 0) is 63.8 Å². The van der Waals surface area contributed by atoms with Gasteiger partial charge in [-0.1, -0.05) is 154 Å². The van der Waals surface area contributed by atoms with Crippen molar-refractivity contribution in [2.75, 3.05) is 13.2 Å². The number of alkyl carbamates (subject to hydrolysis) is 1. The van der Waals surface area contributed by atoms with Gasteiger partial charge in [-0.25, -0.2) is 4.79 Å². The van der Waals surface area contributed by atoms with E-state index in [1.165, 1.54) is 103 Å². The van der Waals surface area contributed by atoms with E-state index in [1.54, 1.807) is 27.7 Å². The fraction of sp³-hybridized carbons (Fsp3) is 0.681. The summed E-state index contributed by atoms with van der Waals surface area (Å²) in [5.41, 5.74) is 0.0684. The van der Waals surface area contributed by atoms with Crippen LogP contribution in [-0.2, 0) is 31.2 Å². The van der Waals surface area contributed by atoms with Gasteiger partial charge in [-0.3, -0.25) is 9.59 Å². The van der Waals surface area contributed by atoms with Crippen molar-refractivity contribution in [3.8, 4) is 11.5 Å². The Hall–Kier alpha value is -3.75. The molecule has 0 saturated heterocycles. The number of benzene rings is 2. The third-order valence-corrected chi connectivity index (χ3v) is 9.92. The molecule has 9 heteroatoms. The Morgan fingerprint density at radius 1 is 0.571 bits per heavy atom. The van der Waals surface area contributed by atoms with E-state index < -0.39 is 35.7 Å². The summed E-state index contributed by atoms with van der Waals surface area (Å²) in [6, 6.07) is 12.9. The number of carboxylic acid groups (broad SMARTS) is 1. The van der Waals surface area contributed by atoms with E-state index in [9.17, 15) is 19.5 Å². The molecule has 2 N–H and O–H groups in total. The molecule has 0 fully saturated rings. The third kappa shape index (κ3) is 21.5. The van der Waals surface area contributed by atoms with Crippen LogP contribution in [0.3, 0.4) is 0 Å². The molecular formula is C47H75NO8. The van der Waals surface area contributed by atoms with Gasteiger partial charge in [0.15, 0.2) is 5.60 Å². The minimum atomic E-state index is -1.37. The minimum absolute atomic E-state index is 0.240. The van der Waals surface area contributed by atoms with Crippen LogP contribution in [0.25, 0.3) is 0 Å². The van der Waals surface area contributed by atoms with Crippen LogP contribution in [0, 0.1) is 0 Å². The van der Waals surface area contributed by atoms with Gasteiger partial charge in [-0.2, -0.15) is 0 Å². The molecule has 316 valence electrons. The number of esters is 1. The lowest BCUT2D eigenvalue weighted by molar-refractivity contribution is -0.160. The first-order chi connectivity index (χ1) is 26.9. The van der Waals surface area contributed by atoms with Crippen molar-refractivity contribution in [3.63, 3.8) is 0 Å². The van der Waals surface area contributed by atoms with Gasteiger partial charge >= 0.3 is 18.0 Å². The number of carboxylic acids is 1.